The van der Waals surface area contributed by atoms with Crippen LogP contribution in [0.2, 0.25) is 0 Å². The predicted octanol–water partition coefficient (Wildman–Crippen LogP) is 12.3. The van der Waals surface area contributed by atoms with Gasteiger partial charge in [-0.1, -0.05) is 127 Å². The molecule has 0 saturated carbocycles. The Hall–Kier alpha value is -5.62. The molecular formula is C42H23N3S2. The zero-order chi connectivity index (χ0) is 30.6. The van der Waals surface area contributed by atoms with Crippen LogP contribution in [0, 0.1) is 0 Å². The lowest BCUT2D eigenvalue weighted by atomic mass is 9.98. The summed E-state index contributed by atoms with van der Waals surface area (Å²) in [6, 6.07) is 50.1. The lowest BCUT2D eigenvalue weighted by Gasteiger charge is -2.13. The van der Waals surface area contributed by atoms with Crippen molar-refractivity contribution in [2.75, 3.05) is 0 Å². The minimum Gasteiger partial charge on any atom is -0.290 e. The number of rotatable bonds is 2. The van der Waals surface area contributed by atoms with Gasteiger partial charge in [0.05, 0.1) is 15.7 Å². The SMILES string of the molecule is c1ccc(-c2nc3sc4ccccc4c3nc2-n2c3ccccc3c3c4ccccc4c4c5ccc6ccccc6c5sc4c32)cc1. The minimum absolute atomic E-state index is 0.859. The number of para-hydroxylation sites is 1. The number of hydrogen-bond acceptors (Lipinski definition) is 4. The van der Waals surface area contributed by atoms with Crippen molar-refractivity contribution < 1.29 is 0 Å². The van der Waals surface area contributed by atoms with Gasteiger partial charge in [-0.3, -0.25) is 4.57 Å². The molecule has 0 aliphatic carbocycles. The topological polar surface area (TPSA) is 30.7 Å². The minimum atomic E-state index is 0.859. The van der Waals surface area contributed by atoms with Crippen molar-refractivity contribution in [2.45, 2.75) is 0 Å². The maximum Gasteiger partial charge on any atom is 0.165 e. The number of aromatic nitrogens is 3. The van der Waals surface area contributed by atoms with E-state index in [0.29, 0.717) is 0 Å². The Morgan fingerprint density at radius 1 is 0.468 bits per heavy atom. The average Bonchev–Trinajstić information content (AvgIpc) is 3.81. The summed E-state index contributed by atoms with van der Waals surface area (Å²) in [6.45, 7) is 0. The van der Waals surface area contributed by atoms with E-state index in [2.05, 4.69) is 144 Å². The van der Waals surface area contributed by atoms with Crippen LogP contribution < -0.4 is 0 Å². The summed E-state index contributed by atoms with van der Waals surface area (Å²) in [5.74, 6) is 0.859. The van der Waals surface area contributed by atoms with Crippen LogP contribution >= 0.6 is 22.7 Å². The second-order valence-electron chi connectivity index (χ2n) is 12.1. The fraction of sp³-hybridized carbons (Fsp3) is 0. The van der Waals surface area contributed by atoms with Gasteiger partial charge in [0.25, 0.3) is 0 Å². The molecule has 4 heterocycles. The van der Waals surface area contributed by atoms with Crippen LogP contribution in [0.1, 0.15) is 0 Å². The number of nitrogens with zero attached hydrogens (tertiary/aromatic N) is 3. The summed E-state index contributed by atoms with van der Waals surface area (Å²) in [5, 5.41) is 11.3. The summed E-state index contributed by atoms with van der Waals surface area (Å²) in [7, 11) is 0. The lowest BCUT2D eigenvalue weighted by Crippen LogP contribution is -2.03. The van der Waals surface area contributed by atoms with Crippen molar-refractivity contribution in [1.82, 2.24) is 14.5 Å². The highest BCUT2D eigenvalue weighted by Gasteiger charge is 2.25. The van der Waals surface area contributed by atoms with Gasteiger partial charge in [-0.2, -0.15) is 0 Å². The summed E-state index contributed by atoms with van der Waals surface area (Å²) in [6.07, 6.45) is 0. The van der Waals surface area contributed by atoms with Gasteiger partial charge < -0.3 is 0 Å². The van der Waals surface area contributed by atoms with Crippen LogP contribution in [-0.4, -0.2) is 14.5 Å². The van der Waals surface area contributed by atoms with Crippen LogP contribution in [-0.2, 0) is 0 Å². The molecule has 7 aromatic carbocycles. The fourth-order valence-electron chi connectivity index (χ4n) is 7.58. The van der Waals surface area contributed by atoms with E-state index in [1.807, 2.05) is 11.3 Å². The molecule has 0 saturated heterocycles. The number of benzene rings is 7. The lowest BCUT2D eigenvalue weighted by molar-refractivity contribution is 1.09. The fourth-order valence-corrected chi connectivity index (χ4v) is 10.00. The molecule has 0 atom stereocenters. The maximum atomic E-state index is 5.59. The van der Waals surface area contributed by atoms with Gasteiger partial charge in [-0.05, 0) is 33.7 Å². The Balaban J connectivity index is 1.42. The molecule has 218 valence electrons. The molecule has 11 rings (SSSR count). The molecule has 0 fully saturated rings. The van der Waals surface area contributed by atoms with Gasteiger partial charge in [0.15, 0.2) is 5.82 Å². The van der Waals surface area contributed by atoms with E-state index in [4.69, 9.17) is 9.97 Å². The summed E-state index contributed by atoms with van der Waals surface area (Å²) < 4.78 is 6.21. The van der Waals surface area contributed by atoms with Gasteiger partial charge >= 0.3 is 0 Å². The highest BCUT2D eigenvalue weighted by atomic mass is 32.1. The first-order valence-electron chi connectivity index (χ1n) is 15.8. The van der Waals surface area contributed by atoms with Crippen molar-refractivity contribution in [2.24, 2.45) is 0 Å². The molecule has 11 aromatic rings. The van der Waals surface area contributed by atoms with Gasteiger partial charge in [0.2, 0.25) is 0 Å². The third-order valence-electron chi connectivity index (χ3n) is 9.59. The van der Waals surface area contributed by atoms with E-state index < -0.39 is 0 Å². The van der Waals surface area contributed by atoms with E-state index >= 15 is 0 Å². The van der Waals surface area contributed by atoms with Crippen molar-refractivity contribution in [3.05, 3.63) is 140 Å². The van der Waals surface area contributed by atoms with Crippen molar-refractivity contribution in [1.29, 1.82) is 0 Å². The zero-order valence-electron chi connectivity index (χ0n) is 24.9. The Kier molecular flexibility index (Phi) is 5.14. The molecule has 0 spiro atoms. The predicted molar refractivity (Wildman–Crippen MR) is 203 cm³/mol. The van der Waals surface area contributed by atoms with E-state index in [-0.39, 0.29) is 0 Å². The summed E-state index contributed by atoms with van der Waals surface area (Å²) >= 11 is 3.61. The monoisotopic (exact) mass is 633 g/mol. The van der Waals surface area contributed by atoms with Crippen LogP contribution in [0.3, 0.4) is 0 Å². The molecule has 0 amide bonds. The first kappa shape index (κ1) is 25.6. The first-order chi connectivity index (χ1) is 23.3. The molecule has 5 heteroatoms. The second kappa shape index (κ2) is 9.46. The molecule has 0 N–H and O–H groups in total. The third-order valence-corrected chi connectivity index (χ3v) is 11.9. The first-order valence-corrected chi connectivity index (χ1v) is 17.4. The molecule has 47 heavy (non-hydrogen) atoms. The van der Waals surface area contributed by atoms with E-state index in [0.717, 1.165) is 38.3 Å². The Bertz CT molecular complexity index is 3070. The third kappa shape index (κ3) is 3.45. The van der Waals surface area contributed by atoms with Crippen LogP contribution in [0.4, 0.5) is 0 Å². The van der Waals surface area contributed by atoms with Gasteiger partial charge in [0, 0.05) is 41.9 Å². The standard InChI is InChI=1S/C42H23N3S2/c1-2-13-25(14-3-1)36-41(43-37-30-19-9-11-21-33(30)46-42(37)44-36)45-32-20-10-8-18-29(32)34-27-16-6-7-17-28(27)35-31-23-22-24-12-4-5-15-26(24)39(31)47-40(35)38(34)45/h1-23H. The van der Waals surface area contributed by atoms with E-state index in [9.17, 15) is 0 Å². The Morgan fingerprint density at radius 2 is 1.15 bits per heavy atom. The average molecular weight is 634 g/mol. The van der Waals surface area contributed by atoms with E-state index in [1.165, 1.54) is 62.7 Å². The molecule has 4 aromatic heterocycles. The largest absolute Gasteiger partial charge is 0.290 e. The van der Waals surface area contributed by atoms with Crippen molar-refractivity contribution in [3.63, 3.8) is 0 Å². The van der Waals surface area contributed by atoms with Crippen LogP contribution in [0.15, 0.2) is 140 Å². The second-order valence-corrected chi connectivity index (χ2v) is 14.2. The van der Waals surface area contributed by atoms with Crippen LogP contribution in [0.25, 0.3) is 101 Å². The number of fused-ring (bicyclic) bond motifs is 15. The highest BCUT2D eigenvalue weighted by molar-refractivity contribution is 7.27. The normalized spacial score (nSPS) is 12.3. The zero-order valence-corrected chi connectivity index (χ0v) is 26.6. The van der Waals surface area contributed by atoms with Gasteiger partial charge in [-0.15, -0.1) is 22.7 Å². The smallest absolute Gasteiger partial charge is 0.165 e. The molecule has 0 radical (unpaired) electrons. The summed E-state index contributed by atoms with van der Waals surface area (Å²) in [5.41, 5.74) is 5.22. The number of thiophene rings is 2. The maximum absolute atomic E-state index is 5.59. The molecule has 0 aliphatic heterocycles. The van der Waals surface area contributed by atoms with Gasteiger partial charge in [0.1, 0.15) is 16.0 Å². The highest BCUT2D eigenvalue weighted by Crippen LogP contribution is 2.49. The van der Waals surface area contributed by atoms with E-state index in [1.54, 1.807) is 11.3 Å². The number of hydrogen-bond donors (Lipinski definition) is 0. The molecule has 3 nitrogen and oxygen atoms in total. The van der Waals surface area contributed by atoms with Gasteiger partial charge in [-0.25, -0.2) is 9.97 Å². The van der Waals surface area contributed by atoms with Crippen molar-refractivity contribution in [3.8, 4) is 17.1 Å². The van der Waals surface area contributed by atoms with Crippen molar-refractivity contribution >= 4 is 107 Å². The molecule has 0 bridgehead atoms. The summed E-state index contributed by atoms with van der Waals surface area (Å²) in [4.78, 5) is 12.0. The molecular weight excluding hydrogens is 611 g/mol. The Morgan fingerprint density at radius 3 is 2.00 bits per heavy atom. The quantitative estimate of drug-likeness (QED) is 0.190. The Labute approximate surface area is 276 Å². The molecule has 0 unspecified atom stereocenters. The molecule has 0 aliphatic rings. The van der Waals surface area contributed by atoms with Crippen LogP contribution in [0.5, 0.6) is 0 Å².